The van der Waals surface area contributed by atoms with Gasteiger partial charge >= 0.3 is 0 Å². The molecule has 0 saturated carbocycles. The summed E-state index contributed by atoms with van der Waals surface area (Å²) in [5.41, 5.74) is 0. The van der Waals surface area contributed by atoms with Crippen molar-refractivity contribution in [2.45, 2.75) is 12.5 Å². The average molecular weight is 191 g/mol. The van der Waals surface area contributed by atoms with Crippen LogP contribution >= 0.6 is 11.8 Å². The predicted molar refractivity (Wildman–Crippen MR) is 51.5 cm³/mol. The van der Waals surface area contributed by atoms with Gasteiger partial charge in [0.2, 0.25) is 0 Å². The number of hydrogen-bond donors (Lipinski definition) is 2. The van der Waals surface area contributed by atoms with E-state index in [2.05, 4.69) is 4.90 Å². The van der Waals surface area contributed by atoms with Gasteiger partial charge in [0.25, 0.3) is 0 Å². The zero-order valence-corrected chi connectivity index (χ0v) is 8.09. The van der Waals surface area contributed by atoms with Crippen molar-refractivity contribution in [3.8, 4) is 0 Å². The van der Waals surface area contributed by atoms with Gasteiger partial charge in [0, 0.05) is 24.9 Å². The zero-order valence-electron chi connectivity index (χ0n) is 7.28. The van der Waals surface area contributed by atoms with Crippen LogP contribution in [0.4, 0.5) is 0 Å². The Bertz CT molecular complexity index is 112. The molecule has 1 fully saturated rings. The minimum Gasteiger partial charge on any atom is -0.395 e. The number of aliphatic hydroxyl groups excluding tert-OH is 2. The quantitative estimate of drug-likeness (QED) is 0.630. The minimum absolute atomic E-state index is 0.196. The number of aliphatic hydroxyl groups is 2. The molecule has 1 unspecified atom stereocenters. The Morgan fingerprint density at radius 1 is 1.25 bits per heavy atom. The van der Waals surface area contributed by atoms with Crippen LogP contribution in [0, 0.1) is 0 Å². The fourth-order valence-corrected chi connectivity index (χ4v) is 2.80. The molecule has 1 heterocycles. The highest BCUT2D eigenvalue weighted by Crippen LogP contribution is 2.21. The molecule has 0 amide bonds. The van der Waals surface area contributed by atoms with Crippen molar-refractivity contribution in [1.82, 2.24) is 4.90 Å². The monoisotopic (exact) mass is 191 g/mol. The Kier molecular flexibility index (Phi) is 4.99. The van der Waals surface area contributed by atoms with Gasteiger partial charge in [0.15, 0.2) is 0 Å². The summed E-state index contributed by atoms with van der Waals surface area (Å²) in [7, 11) is 0. The summed E-state index contributed by atoms with van der Waals surface area (Å²) < 4.78 is 0. The van der Waals surface area contributed by atoms with E-state index in [4.69, 9.17) is 10.2 Å². The third-order valence-corrected chi connectivity index (χ3v) is 3.34. The molecule has 0 bridgehead atoms. The molecule has 1 rings (SSSR count). The molecule has 2 N–H and O–H groups in total. The molecule has 0 spiro atoms. The first-order valence-corrected chi connectivity index (χ1v) is 5.57. The van der Waals surface area contributed by atoms with Crippen molar-refractivity contribution in [3.63, 3.8) is 0 Å². The van der Waals surface area contributed by atoms with Crippen molar-refractivity contribution in [2.75, 3.05) is 37.8 Å². The normalized spacial score (nSPS) is 23.8. The number of hydrogen-bond acceptors (Lipinski definition) is 4. The van der Waals surface area contributed by atoms with Gasteiger partial charge in [0.1, 0.15) is 0 Å². The van der Waals surface area contributed by atoms with Crippen LogP contribution in [0.25, 0.3) is 0 Å². The van der Waals surface area contributed by atoms with Gasteiger partial charge in [-0.3, -0.25) is 4.90 Å². The van der Waals surface area contributed by atoms with Crippen molar-refractivity contribution in [2.24, 2.45) is 0 Å². The molecule has 0 aromatic heterocycles. The van der Waals surface area contributed by atoms with Crippen LogP contribution in [0.3, 0.4) is 0 Å². The summed E-state index contributed by atoms with van der Waals surface area (Å²) in [4.78, 5) is 2.18. The van der Waals surface area contributed by atoms with E-state index < -0.39 is 0 Å². The molecule has 1 aliphatic heterocycles. The van der Waals surface area contributed by atoms with E-state index in [1.807, 2.05) is 11.8 Å². The fourth-order valence-electron chi connectivity index (χ4n) is 1.54. The van der Waals surface area contributed by atoms with E-state index in [9.17, 15) is 0 Å². The van der Waals surface area contributed by atoms with Crippen LogP contribution in [-0.4, -0.2) is 59.0 Å². The van der Waals surface area contributed by atoms with Crippen LogP contribution in [0.5, 0.6) is 0 Å². The lowest BCUT2D eigenvalue weighted by molar-refractivity contribution is 0.131. The third kappa shape index (κ3) is 2.94. The van der Waals surface area contributed by atoms with Crippen molar-refractivity contribution in [3.05, 3.63) is 0 Å². The van der Waals surface area contributed by atoms with Crippen LogP contribution in [0.15, 0.2) is 0 Å². The Morgan fingerprint density at radius 2 is 1.92 bits per heavy atom. The summed E-state index contributed by atoms with van der Waals surface area (Å²) in [5, 5.41) is 17.6. The predicted octanol–water partition coefficient (Wildman–Crippen LogP) is -0.222. The molecule has 0 aromatic rings. The maximum absolute atomic E-state index is 8.79. The van der Waals surface area contributed by atoms with Crippen LogP contribution in [0.2, 0.25) is 0 Å². The highest BCUT2D eigenvalue weighted by molar-refractivity contribution is 7.99. The molecule has 1 aliphatic rings. The van der Waals surface area contributed by atoms with Gasteiger partial charge in [-0.05, 0) is 12.2 Å². The average Bonchev–Trinajstić information content (AvgIpc) is 2.56. The second-order valence-corrected chi connectivity index (χ2v) is 4.15. The summed E-state index contributed by atoms with van der Waals surface area (Å²) in [5.74, 6) is 2.37. The lowest BCUT2D eigenvalue weighted by atomic mass is 10.2. The van der Waals surface area contributed by atoms with Gasteiger partial charge in [0.05, 0.1) is 13.2 Å². The largest absolute Gasteiger partial charge is 0.395 e. The maximum atomic E-state index is 8.79. The van der Waals surface area contributed by atoms with Gasteiger partial charge in [-0.15, -0.1) is 0 Å². The molecule has 4 heteroatoms. The summed E-state index contributed by atoms with van der Waals surface area (Å²) in [6, 6.07) is 0.578. The van der Waals surface area contributed by atoms with Gasteiger partial charge in [-0.1, -0.05) is 0 Å². The molecule has 1 atom stereocenters. The van der Waals surface area contributed by atoms with Gasteiger partial charge in [-0.2, -0.15) is 11.8 Å². The van der Waals surface area contributed by atoms with E-state index >= 15 is 0 Å². The Morgan fingerprint density at radius 3 is 2.33 bits per heavy atom. The lowest BCUT2D eigenvalue weighted by Crippen LogP contribution is -2.39. The molecule has 0 aliphatic carbocycles. The zero-order chi connectivity index (χ0) is 8.81. The summed E-state index contributed by atoms with van der Waals surface area (Å²) in [6.07, 6.45) is 1.20. The summed E-state index contributed by atoms with van der Waals surface area (Å²) in [6.45, 7) is 1.79. The number of nitrogens with zero attached hydrogens (tertiary/aromatic N) is 1. The van der Waals surface area contributed by atoms with E-state index in [1.165, 1.54) is 12.2 Å². The Labute approximate surface area is 77.8 Å². The Balaban J connectivity index is 2.29. The van der Waals surface area contributed by atoms with Gasteiger partial charge in [-0.25, -0.2) is 0 Å². The van der Waals surface area contributed by atoms with Crippen molar-refractivity contribution in [1.29, 1.82) is 0 Å². The van der Waals surface area contributed by atoms with Crippen molar-refractivity contribution >= 4 is 11.8 Å². The topological polar surface area (TPSA) is 43.7 Å². The molecule has 3 nitrogen and oxygen atoms in total. The lowest BCUT2D eigenvalue weighted by Gasteiger charge is -2.26. The van der Waals surface area contributed by atoms with Crippen molar-refractivity contribution < 1.29 is 10.2 Å². The first-order valence-electron chi connectivity index (χ1n) is 4.42. The first-order chi connectivity index (χ1) is 5.88. The molecule has 1 saturated heterocycles. The third-order valence-electron chi connectivity index (χ3n) is 2.20. The SMILES string of the molecule is OCCN(CCO)C1CCSC1. The maximum Gasteiger partial charge on any atom is 0.0558 e. The van der Waals surface area contributed by atoms with Gasteiger partial charge < -0.3 is 10.2 Å². The van der Waals surface area contributed by atoms with Crippen LogP contribution < -0.4 is 0 Å². The van der Waals surface area contributed by atoms with E-state index in [1.54, 1.807) is 0 Å². The second-order valence-electron chi connectivity index (χ2n) is 3.00. The van der Waals surface area contributed by atoms with Crippen LogP contribution in [0.1, 0.15) is 6.42 Å². The fraction of sp³-hybridized carbons (Fsp3) is 1.00. The van der Waals surface area contributed by atoms with E-state index in [-0.39, 0.29) is 13.2 Å². The number of thioether (sulfide) groups is 1. The smallest absolute Gasteiger partial charge is 0.0558 e. The molecular weight excluding hydrogens is 174 g/mol. The highest BCUT2D eigenvalue weighted by Gasteiger charge is 2.21. The Hall–Kier alpha value is 0.230. The van der Waals surface area contributed by atoms with E-state index in [0.29, 0.717) is 19.1 Å². The molecular formula is C8H17NO2S. The molecule has 0 aromatic carbocycles. The minimum atomic E-state index is 0.196. The van der Waals surface area contributed by atoms with E-state index in [0.717, 1.165) is 5.75 Å². The molecule has 12 heavy (non-hydrogen) atoms. The molecule has 0 radical (unpaired) electrons. The number of rotatable bonds is 5. The highest BCUT2D eigenvalue weighted by atomic mass is 32.2. The van der Waals surface area contributed by atoms with Crippen LogP contribution in [-0.2, 0) is 0 Å². The summed E-state index contributed by atoms with van der Waals surface area (Å²) >= 11 is 1.96. The standard InChI is InChI=1S/C8H17NO2S/c10-4-2-9(3-5-11)8-1-6-12-7-8/h8,10-11H,1-7H2. The second kappa shape index (κ2) is 5.80. The first kappa shape index (κ1) is 10.3. The molecule has 72 valence electrons.